The molecule has 0 bridgehead atoms. The summed E-state index contributed by atoms with van der Waals surface area (Å²) in [4.78, 5) is 26.8. The van der Waals surface area contributed by atoms with E-state index in [0.29, 0.717) is 21.4 Å². The van der Waals surface area contributed by atoms with Crippen LogP contribution in [0.25, 0.3) is 16.4 Å². The molecule has 0 amide bonds. The van der Waals surface area contributed by atoms with Crippen LogP contribution in [0.2, 0.25) is 0 Å². The molecule has 1 aromatic carbocycles. The highest BCUT2D eigenvalue weighted by atomic mass is 32.2. The second kappa shape index (κ2) is 7.45. The van der Waals surface area contributed by atoms with Crippen molar-refractivity contribution in [3.63, 3.8) is 0 Å². The van der Waals surface area contributed by atoms with Crippen LogP contribution in [-0.2, 0) is 4.74 Å². The van der Waals surface area contributed by atoms with Crippen LogP contribution in [0.3, 0.4) is 0 Å². The van der Waals surface area contributed by atoms with E-state index in [-0.39, 0.29) is 12.4 Å². The number of nitrogens with zero attached hydrogens (tertiary/aromatic N) is 1. The molecule has 3 aromatic heterocycles. The molecule has 0 aliphatic carbocycles. The van der Waals surface area contributed by atoms with Crippen molar-refractivity contribution in [2.24, 2.45) is 0 Å². The monoisotopic (exact) mass is 409 g/mol. The minimum atomic E-state index is -0.395. The minimum absolute atomic E-state index is 0.0749. The summed E-state index contributed by atoms with van der Waals surface area (Å²) in [5.74, 6) is -0.470. The van der Waals surface area contributed by atoms with Crippen molar-refractivity contribution in [1.82, 2.24) is 4.40 Å². The van der Waals surface area contributed by atoms with Crippen LogP contribution in [0.15, 0.2) is 52.9 Å². The lowest BCUT2D eigenvalue weighted by Crippen LogP contribution is -2.06. The molecular weight excluding hydrogens is 390 g/mol. The number of fused-ring (bicyclic) bond motifs is 3. The lowest BCUT2D eigenvalue weighted by molar-refractivity contribution is 0.0531. The van der Waals surface area contributed by atoms with Gasteiger partial charge < -0.3 is 9.14 Å². The Morgan fingerprint density at radius 2 is 1.93 bits per heavy atom. The van der Waals surface area contributed by atoms with Gasteiger partial charge in [0.25, 0.3) is 0 Å². The van der Waals surface area contributed by atoms with E-state index in [9.17, 15) is 9.59 Å². The van der Waals surface area contributed by atoms with Gasteiger partial charge in [-0.25, -0.2) is 4.79 Å². The number of hydrogen-bond donors (Lipinski definition) is 0. The fraction of sp³-hybridized carbons (Fsp3) is 0.182. The molecule has 6 heteroatoms. The van der Waals surface area contributed by atoms with E-state index in [0.717, 1.165) is 20.8 Å². The van der Waals surface area contributed by atoms with E-state index in [1.54, 1.807) is 30.8 Å². The summed E-state index contributed by atoms with van der Waals surface area (Å²) < 4.78 is 8.36. The minimum Gasteiger partial charge on any atom is -0.462 e. The average Bonchev–Trinajstić information content (AvgIpc) is 3.23. The van der Waals surface area contributed by atoms with Crippen molar-refractivity contribution in [2.45, 2.75) is 18.1 Å². The quantitative estimate of drug-likeness (QED) is 0.245. The Bertz CT molecular complexity index is 1210. The maximum absolute atomic E-state index is 13.3. The van der Waals surface area contributed by atoms with Gasteiger partial charge in [0.15, 0.2) is 0 Å². The molecule has 0 aliphatic heterocycles. The van der Waals surface area contributed by atoms with Crippen LogP contribution in [-0.4, -0.2) is 29.0 Å². The highest BCUT2D eigenvalue weighted by Crippen LogP contribution is 2.43. The molecular formula is C22H19NO3S2. The topological polar surface area (TPSA) is 47.8 Å². The summed E-state index contributed by atoms with van der Waals surface area (Å²) in [7, 11) is 0. The molecule has 0 spiro atoms. The van der Waals surface area contributed by atoms with Gasteiger partial charge in [0.05, 0.1) is 32.3 Å². The number of carbonyl (C=O) groups excluding carboxylic acids is 2. The molecule has 28 heavy (non-hydrogen) atoms. The van der Waals surface area contributed by atoms with Gasteiger partial charge in [-0.1, -0.05) is 30.3 Å². The van der Waals surface area contributed by atoms with Gasteiger partial charge in [-0.3, -0.25) is 4.79 Å². The third-order valence-corrected chi connectivity index (χ3v) is 6.90. The fourth-order valence-electron chi connectivity index (χ4n) is 3.40. The van der Waals surface area contributed by atoms with Crippen molar-refractivity contribution < 1.29 is 14.3 Å². The predicted octanol–water partition coefficient (Wildman–Crippen LogP) is 5.59. The number of carbonyl (C=O) groups is 2. The van der Waals surface area contributed by atoms with Gasteiger partial charge in [0, 0.05) is 17.1 Å². The zero-order chi connectivity index (χ0) is 19.8. The lowest BCUT2D eigenvalue weighted by Gasteiger charge is -2.04. The Morgan fingerprint density at radius 1 is 1.18 bits per heavy atom. The molecule has 0 N–H and O–H groups in total. The molecule has 0 aliphatic rings. The molecule has 0 radical (unpaired) electrons. The van der Waals surface area contributed by atoms with Crippen LogP contribution in [0.4, 0.5) is 0 Å². The molecule has 0 saturated carbocycles. The number of pyridine rings is 1. The Hall–Kier alpha value is -2.57. The molecule has 0 unspecified atom stereocenters. The van der Waals surface area contributed by atoms with Crippen LogP contribution in [0.1, 0.15) is 38.1 Å². The third-order valence-electron chi connectivity index (χ3n) is 4.62. The fourth-order valence-corrected chi connectivity index (χ4v) is 5.37. The summed E-state index contributed by atoms with van der Waals surface area (Å²) in [6, 6.07) is 13.2. The van der Waals surface area contributed by atoms with Gasteiger partial charge in [0.1, 0.15) is 0 Å². The van der Waals surface area contributed by atoms with Crippen LogP contribution in [0, 0.1) is 6.92 Å². The molecule has 4 nitrogen and oxygen atoms in total. The Balaban J connectivity index is 2.11. The van der Waals surface area contributed by atoms with Crippen LogP contribution < -0.4 is 0 Å². The zero-order valence-corrected chi connectivity index (χ0v) is 17.4. The van der Waals surface area contributed by atoms with E-state index in [4.69, 9.17) is 4.74 Å². The number of hydrogen-bond acceptors (Lipinski definition) is 5. The summed E-state index contributed by atoms with van der Waals surface area (Å²) in [5, 5.41) is 0.687. The molecule has 142 valence electrons. The standard InChI is InChI=1S/C22H19NO3S2/c1-4-26-21(25)16-15-12-13(2)10-11-23(15)18-17(16)20(28-22(18)27-3)19(24)14-8-6-5-7-9-14/h5-12H,4H2,1-3H3. The number of rotatable bonds is 5. The molecule has 0 atom stereocenters. The van der Waals surface area contributed by atoms with Crippen LogP contribution in [0.5, 0.6) is 0 Å². The first-order valence-corrected chi connectivity index (χ1v) is 11.0. The second-order valence-corrected chi connectivity index (χ2v) is 8.49. The molecule has 4 rings (SSSR count). The smallest absolute Gasteiger partial charge is 0.341 e. The lowest BCUT2D eigenvalue weighted by atomic mass is 10.1. The van der Waals surface area contributed by atoms with E-state index in [1.165, 1.54) is 11.3 Å². The Kier molecular flexibility index (Phi) is 5.00. The highest BCUT2D eigenvalue weighted by Gasteiger charge is 2.29. The van der Waals surface area contributed by atoms with Crippen molar-refractivity contribution in [3.8, 4) is 0 Å². The van der Waals surface area contributed by atoms with Crippen molar-refractivity contribution >= 4 is 51.3 Å². The van der Waals surface area contributed by atoms with Gasteiger partial charge in [0.2, 0.25) is 5.78 Å². The Labute approximate surface area is 171 Å². The van der Waals surface area contributed by atoms with E-state index < -0.39 is 5.97 Å². The first kappa shape index (κ1) is 18.8. The van der Waals surface area contributed by atoms with Crippen molar-refractivity contribution in [1.29, 1.82) is 0 Å². The summed E-state index contributed by atoms with van der Waals surface area (Å²) >= 11 is 3.02. The number of ketones is 1. The third kappa shape index (κ3) is 2.93. The first-order chi connectivity index (χ1) is 13.6. The molecule has 3 heterocycles. The number of benzene rings is 1. The molecule has 4 aromatic rings. The second-order valence-electron chi connectivity index (χ2n) is 6.40. The number of thioether (sulfide) groups is 1. The normalized spacial score (nSPS) is 11.2. The van der Waals surface area contributed by atoms with Crippen molar-refractivity contribution in [3.05, 3.63) is 70.2 Å². The predicted molar refractivity (Wildman–Crippen MR) is 115 cm³/mol. The first-order valence-electron chi connectivity index (χ1n) is 8.94. The summed E-state index contributed by atoms with van der Waals surface area (Å²) in [6.07, 6.45) is 3.94. The number of ether oxygens (including phenoxy) is 1. The number of aromatic nitrogens is 1. The summed E-state index contributed by atoms with van der Waals surface area (Å²) in [5.41, 5.74) is 3.79. The van der Waals surface area contributed by atoms with Crippen LogP contribution >= 0.6 is 23.1 Å². The number of esters is 1. The molecule has 0 saturated heterocycles. The largest absolute Gasteiger partial charge is 0.462 e. The number of aryl methyl sites for hydroxylation is 1. The van der Waals surface area contributed by atoms with Gasteiger partial charge >= 0.3 is 5.97 Å². The van der Waals surface area contributed by atoms with Gasteiger partial charge in [-0.15, -0.1) is 23.1 Å². The van der Waals surface area contributed by atoms with E-state index in [2.05, 4.69) is 0 Å². The summed E-state index contributed by atoms with van der Waals surface area (Å²) in [6.45, 7) is 4.06. The maximum atomic E-state index is 13.3. The maximum Gasteiger partial charge on any atom is 0.341 e. The van der Waals surface area contributed by atoms with Crippen molar-refractivity contribution in [2.75, 3.05) is 12.9 Å². The van der Waals surface area contributed by atoms with Gasteiger partial charge in [-0.2, -0.15) is 0 Å². The SMILES string of the molecule is CCOC(=O)c1c2c(C(=O)c3ccccc3)sc(SC)c2n2ccc(C)cc12. The van der Waals surface area contributed by atoms with Gasteiger partial charge in [-0.05, 0) is 37.8 Å². The number of thiophene rings is 1. The van der Waals surface area contributed by atoms with E-state index in [1.807, 2.05) is 54.1 Å². The average molecular weight is 410 g/mol. The highest BCUT2D eigenvalue weighted by molar-refractivity contribution is 8.00. The zero-order valence-electron chi connectivity index (χ0n) is 15.8. The van der Waals surface area contributed by atoms with E-state index >= 15 is 0 Å². The molecule has 0 fully saturated rings. The Morgan fingerprint density at radius 3 is 2.61 bits per heavy atom.